The van der Waals surface area contributed by atoms with Crippen molar-refractivity contribution >= 4 is 11.8 Å². The normalized spacial score (nSPS) is 12.9. The Morgan fingerprint density at radius 3 is 2.67 bits per heavy atom. The van der Waals surface area contributed by atoms with Crippen LogP contribution < -0.4 is 0 Å². The van der Waals surface area contributed by atoms with Crippen LogP contribution in [0.1, 0.15) is 18.9 Å². The third-order valence-electron chi connectivity index (χ3n) is 1.71. The summed E-state index contributed by atoms with van der Waals surface area (Å²) in [5.41, 5.74) is 0.959. The van der Waals surface area contributed by atoms with Crippen LogP contribution in [0.2, 0.25) is 0 Å². The predicted octanol–water partition coefficient (Wildman–Crippen LogP) is 2.82. The smallest absolute Gasteiger partial charge is 0.104 e. The Hall–Kier alpha value is -0.470. The van der Waals surface area contributed by atoms with Gasteiger partial charge in [-0.05, 0) is 25.0 Å². The Morgan fingerprint density at radius 1 is 1.42 bits per heavy atom. The average molecular weight is 182 g/mol. The number of aliphatic hydroxyl groups excluding tert-OH is 1. The third kappa shape index (κ3) is 2.54. The van der Waals surface area contributed by atoms with E-state index in [9.17, 15) is 5.11 Å². The maximum Gasteiger partial charge on any atom is 0.104 e. The summed E-state index contributed by atoms with van der Waals surface area (Å²) in [4.78, 5) is 1.17. The van der Waals surface area contributed by atoms with Gasteiger partial charge in [0.2, 0.25) is 0 Å². The van der Waals surface area contributed by atoms with Crippen LogP contribution in [-0.4, -0.2) is 10.5 Å². The second-order valence-electron chi connectivity index (χ2n) is 2.75. The van der Waals surface area contributed by atoms with Gasteiger partial charge in [-0.2, -0.15) is 0 Å². The van der Waals surface area contributed by atoms with Crippen molar-refractivity contribution in [2.75, 3.05) is 0 Å². The molecule has 0 bridgehead atoms. The molecule has 0 radical (unpaired) electrons. The zero-order chi connectivity index (χ0) is 8.97. The van der Waals surface area contributed by atoms with Gasteiger partial charge in [-0.3, -0.25) is 0 Å². The highest BCUT2D eigenvalue weighted by atomic mass is 32.2. The van der Waals surface area contributed by atoms with Gasteiger partial charge >= 0.3 is 0 Å². The molecule has 0 aromatic heterocycles. The minimum Gasteiger partial charge on any atom is -0.382 e. The standard InChI is InChI=1S/C10H14OS/c1-3-10(11)12-9-7-5-4-6-8(9)2/h4-7,10-11H,3H2,1-2H3/t10-/m1/s1. The molecule has 1 nitrogen and oxygen atoms in total. The Labute approximate surface area is 77.8 Å². The molecule has 0 fully saturated rings. The van der Waals surface area contributed by atoms with Gasteiger partial charge in [0.05, 0.1) is 0 Å². The fourth-order valence-corrected chi connectivity index (χ4v) is 1.79. The summed E-state index contributed by atoms with van der Waals surface area (Å²) in [6, 6.07) is 8.11. The van der Waals surface area contributed by atoms with E-state index in [2.05, 4.69) is 13.0 Å². The van der Waals surface area contributed by atoms with Gasteiger partial charge in [0, 0.05) is 4.90 Å². The van der Waals surface area contributed by atoms with Crippen LogP contribution in [0.25, 0.3) is 0 Å². The quantitative estimate of drug-likeness (QED) is 0.573. The molecular weight excluding hydrogens is 168 g/mol. The van der Waals surface area contributed by atoms with Crippen molar-refractivity contribution in [2.45, 2.75) is 30.6 Å². The highest BCUT2D eigenvalue weighted by molar-refractivity contribution is 7.99. The number of rotatable bonds is 3. The van der Waals surface area contributed by atoms with E-state index < -0.39 is 0 Å². The van der Waals surface area contributed by atoms with E-state index in [0.29, 0.717) is 0 Å². The van der Waals surface area contributed by atoms with Crippen molar-refractivity contribution in [2.24, 2.45) is 0 Å². The number of thioether (sulfide) groups is 1. The zero-order valence-electron chi connectivity index (χ0n) is 7.45. The summed E-state index contributed by atoms with van der Waals surface area (Å²) in [5, 5.41) is 9.40. The molecule has 12 heavy (non-hydrogen) atoms. The first-order valence-corrected chi connectivity index (χ1v) is 5.02. The maximum atomic E-state index is 9.40. The second kappa shape index (κ2) is 4.53. The van der Waals surface area contributed by atoms with E-state index >= 15 is 0 Å². The molecule has 0 saturated carbocycles. The lowest BCUT2D eigenvalue weighted by Gasteiger charge is -2.08. The number of hydrogen-bond acceptors (Lipinski definition) is 2. The lowest BCUT2D eigenvalue weighted by Crippen LogP contribution is -1.97. The van der Waals surface area contributed by atoms with E-state index in [0.717, 1.165) is 6.42 Å². The first kappa shape index (κ1) is 9.62. The minimum atomic E-state index is -0.272. The van der Waals surface area contributed by atoms with Gasteiger partial charge < -0.3 is 5.11 Å². The summed E-state index contributed by atoms with van der Waals surface area (Å²) < 4.78 is 0. The van der Waals surface area contributed by atoms with Crippen LogP contribution in [-0.2, 0) is 0 Å². The predicted molar refractivity (Wildman–Crippen MR) is 53.3 cm³/mol. The summed E-state index contributed by atoms with van der Waals surface area (Å²) in [6.45, 7) is 4.04. The number of hydrogen-bond donors (Lipinski definition) is 1. The second-order valence-corrected chi connectivity index (χ2v) is 3.97. The van der Waals surface area contributed by atoms with E-state index in [-0.39, 0.29) is 5.44 Å². The molecule has 0 aliphatic rings. The summed E-state index contributed by atoms with van der Waals surface area (Å²) >= 11 is 1.53. The summed E-state index contributed by atoms with van der Waals surface area (Å²) in [5.74, 6) is 0. The molecule has 1 N–H and O–H groups in total. The minimum absolute atomic E-state index is 0.272. The monoisotopic (exact) mass is 182 g/mol. The molecule has 0 spiro atoms. The SMILES string of the molecule is CC[C@H](O)Sc1ccccc1C. The van der Waals surface area contributed by atoms with Crippen LogP contribution in [0.5, 0.6) is 0 Å². The number of aryl methyl sites for hydroxylation is 1. The highest BCUT2D eigenvalue weighted by Crippen LogP contribution is 2.26. The van der Waals surface area contributed by atoms with Crippen molar-refractivity contribution in [3.8, 4) is 0 Å². The van der Waals surface area contributed by atoms with Crippen LogP contribution >= 0.6 is 11.8 Å². The van der Waals surface area contributed by atoms with Gasteiger partial charge in [-0.25, -0.2) is 0 Å². The average Bonchev–Trinajstić information content (AvgIpc) is 2.09. The molecule has 66 valence electrons. The molecule has 0 amide bonds. The van der Waals surface area contributed by atoms with Crippen LogP contribution in [0, 0.1) is 6.92 Å². The number of aliphatic hydroxyl groups is 1. The molecule has 1 aromatic carbocycles. The van der Waals surface area contributed by atoms with Gasteiger partial charge in [-0.15, -0.1) is 0 Å². The first-order valence-electron chi connectivity index (χ1n) is 4.14. The Balaban J connectivity index is 2.69. The van der Waals surface area contributed by atoms with Crippen molar-refractivity contribution in [3.05, 3.63) is 29.8 Å². The van der Waals surface area contributed by atoms with Crippen molar-refractivity contribution in [1.29, 1.82) is 0 Å². The van der Waals surface area contributed by atoms with Gasteiger partial charge in [-0.1, -0.05) is 36.9 Å². The molecule has 0 saturated heterocycles. The third-order valence-corrected chi connectivity index (χ3v) is 3.02. The Bertz CT molecular complexity index is 247. The molecule has 1 rings (SSSR count). The Morgan fingerprint density at radius 2 is 2.08 bits per heavy atom. The molecule has 1 atom stereocenters. The fourth-order valence-electron chi connectivity index (χ4n) is 0.919. The molecule has 0 aliphatic carbocycles. The van der Waals surface area contributed by atoms with Gasteiger partial charge in [0.25, 0.3) is 0 Å². The van der Waals surface area contributed by atoms with Gasteiger partial charge in [0.15, 0.2) is 0 Å². The van der Waals surface area contributed by atoms with E-state index in [4.69, 9.17) is 0 Å². The zero-order valence-corrected chi connectivity index (χ0v) is 8.27. The molecule has 1 aromatic rings. The summed E-state index contributed by atoms with van der Waals surface area (Å²) in [7, 11) is 0. The first-order chi connectivity index (χ1) is 5.74. The van der Waals surface area contributed by atoms with Crippen molar-refractivity contribution < 1.29 is 5.11 Å². The van der Waals surface area contributed by atoms with Gasteiger partial charge in [0.1, 0.15) is 5.44 Å². The molecule has 0 heterocycles. The highest BCUT2D eigenvalue weighted by Gasteiger charge is 2.04. The van der Waals surface area contributed by atoms with E-state index in [1.54, 1.807) is 0 Å². The lowest BCUT2D eigenvalue weighted by atomic mass is 10.2. The lowest BCUT2D eigenvalue weighted by molar-refractivity contribution is 0.259. The van der Waals surface area contributed by atoms with Crippen molar-refractivity contribution in [3.63, 3.8) is 0 Å². The van der Waals surface area contributed by atoms with E-state index in [1.165, 1.54) is 22.2 Å². The number of benzene rings is 1. The topological polar surface area (TPSA) is 20.2 Å². The molecule has 0 unspecified atom stereocenters. The Kier molecular flexibility index (Phi) is 3.63. The maximum absolute atomic E-state index is 9.40. The van der Waals surface area contributed by atoms with E-state index in [1.807, 2.05) is 25.1 Å². The molecular formula is C10H14OS. The van der Waals surface area contributed by atoms with Crippen LogP contribution in [0.15, 0.2) is 29.2 Å². The molecule has 0 aliphatic heterocycles. The van der Waals surface area contributed by atoms with Crippen molar-refractivity contribution in [1.82, 2.24) is 0 Å². The molecule has 2 heteroatoms. The largest absolute Gasteiger partial charge is 0.382 e. The summed E-state index contributed by atoms with van der Waals surface area (Å²) in [6.07, 6.45) is 0.791. The fraction of sp³-hybridized carbons (Fsp3) is 0.400. The van der Waals surface area contributed by atoms with Crippen LogP contribution in [0.3, 0.4) is 0 Å². The van der Waals surface area contributed by atoms with Crippen LogP contribution in [0.4, 0.5) is 0 Å².